The topological polar surface area (TPSA) is 68.0 Å². The van der Waals surface area contributed by atoms with Crippen molar-refractivity contribution in [3.05, 3.63) is 32.5 Å². The minimum Gasteiger partial charge on any atom is -0.481 e. The molecule has 0 spiro atoms. The zero-order valence-electron chi connectivity index (χ0n) is 11.5. The van der Waals surface area contributed by atoms with Gasteiger partial charge < -0.3 is 5.11 Å². The quantitative estimate of drug-likeness (QED) is 0.932. The Labute approximate surface area is 115 Å². The Hall–Kier alpha value is -1.69. The van der Waals surface area contributed by atoms with Gasteiger partial charge in [-0.3, -0.25) is 9.48 Å². The van der Waals surface area contributed by atoms with E-state index >= 15 is 0 Å². The largest absolute Gasteiger partial charge is 0.481 e. The van der Waals surface area contributed by atoms with Crippen LogP contribution in [0.1, 0.15) is 32.5 Å². The number of carboxylic acids is 1. The normalized spacial score (nSPS) is 10.9. The van der Waals surface area contributed by atoms with E-state index < -0.39 is 5.97 Å². The highest BCUT2D eigenvalue weighted by Crippen LogP contribution is 2.20. The number of thiazole rings is 1. The third-order valence-corrected chi connectivity index (χ3v) is 4.27. The molecule has 0 unspecified atom stereocenters. The summed E-state index contributed by atoms with van der Waals surface area (Å²) in [6.45, 7) is 8.40. The predicted molar refractivity (Wildman–Crippen MR) is 73.7 cm³/mol. The molecular weight excluding hydrogens is 262 g/mol. The van der Waals surface area contributed by atoms with Crippen LogP contribution in [0.15, 0.2) is 0 Å². The summed E-state index contributed by atoms with van der Waals surface area (Å²) in [7, 11) is 0. The fourth-order valence-electron chi connectivity index (χ4n) is 2.03. The molecule has 2 aromatic heterocycles. The minimum absolute atomic E-state index is 0.0214. The summed E-state index contributed by atoms with van der Waals surface area (Å²) in [6.07, 6.45) is 0.0214. The number of aryl methyl sites for hydroxylation is 3. The van der Waals surface area contributed by atoms with Gasteiger partial charge >= 0.3 is 5.97 Å². The lowest BCUT2D eigenvalue weighted by molar-refractivity contribution is -0.136. The van der Waals surface area contributed by atoms with Crippen LogP contribution in [0.25, 0.3) is 0 Å². The van der Waals surface area contributed by atoms with Crippen LogP contribution in [0.3, 0.4) is 0 Å². The van der Waals surface area contributed by atoms with Gasteiger partial charge in [0, 0.05) is 16.1 Å². The minimum atomic E-state index is -0.827. The van der Waals surface area contributed by atoms with Gasteiger partial charge in [0.25, 0.3) is 0 Å². The van der Waals surface area contributed by atoms with Gasteiger partial charge in [-0.25, -0.2) is 4.98 Å². The van der Waals surface area contributed by atoms with E-state index in [4.69, 9.17) is 5.11 Å². The molecule has 2 heterocycles. The molecule has 0 aromatic carbocycles. The standard InChI is InChI=1S/C13H17N3O2S/c1-7-10(4)19-12(14-7)6-16-9(3)11(5-13(17)18)8(2)15-16/h5-6H2,1-4H3,(H,17,18). The molecule has 1 N–H and O–H groups in total. The smallest absolute Gasteiger partial charge is 0.307 e. The highest BCUT2D eigenvalue weighted by Gasteiger charge is 2.15. The number of hydrogen-bond donors (Lipinski definition) is 1. The Kier molecular flexibility index (Phi) is 3.71. The van der Waals surface area contributed by atoms with Crippen LogP contribution in [0.5, 0.6) is 0 Å². The highest BCUT2D eigenvalue weighted by atomic mass is 32.1. The van der Waals surface area contributed by atoms with E-state index in [1.54, 1.807) is 11.3 Å². The Bertz CT molecular complexity index is 609. The zero-order chi connectivity index (χ0) is 14.2. The van der Waals surface area contributed by atoms with Gasteiger partial charge in [0.05, 0.1) is 24.4 Å². The van der Waals surface area contributed by atoms with Crippen molar-refractivity contribution < 1.29 is 9.90 Å². The SMILES string of the molecule is Cc1nc(Cn2nc(C)c(CC(=O)O)c2C)sc1C. The Morgan fingerprint density at radius 1 is 1.26 bits per heavy atom. The van der Waals surface area contributed by atoms with Crippen LogP contribution in [-0.2, 0) is 17.8 Å². The summed E-state index contributed by atoms with van der Waals surface area (Å²) in [5, 5.41) is 14.3. The lowest BCUT2D eigenvalue weighted by Crippen LogP contribution is -2.06. The molecule has 19 heavy (non-hydrogen) atoms. The van der Waals surface area contributed by atoms with Crippen molar-refractivity contribution in [2.24, 2.45) is 0 Å². The van der Waals surface area contributed by atoms with E-state index in [0.29, 0.717) is 6.54 Å². The van der Waals surface area contributed by atoms with Crippen LogP contribution < -0.4 is 0 Å². The van der Waals surface area contributed by atoms with Gasteiger partial charge in [-0.15, -0.1) is 11.3 Å². The van der Waals surface area contributed by atoms with E-state index in [0.717, 1.165) is 27.7 Å². The van der Waals surface area contributed by atoms with Crippen LogP contribution in [0, 0.1) is 27.7 Å². The first kappa shape index (κ1) is 13.7. The average Bonchev–Trinajstić information content (AvgIpc) is 2.74. The van der Waals surface area contributed by atoms with Crippen LogP contribution >= 0.6 is 11.3 Å². The molecule has 0 atom stereocenters. The van der Waals surface area contributed by atoms with Crippen molar-refractivity contribution in [2.75, 3.05) is 0 Å². The maximum Gasteiger partial charge on any atom is 0.307 e. The second kappa shape index (κ2) is 5.13. The average molecular weight is 279 g/mol. The lowest BCUT2D eigenvalue weighted by atomic mass is 10.1. The first-order valence-corrected chi connectivity index (χ1v) is 6.87. The van der Waals surface area contributed by atoms with Gasteiger partial charge in [0.2, 0.25) is 0 Å². The van der Waals surface area contributed by atoms with E-state index in [9.17, 15) is 4.79 Å². The summed E-state index contributed by atoms with van der Waals surface area (Å²) in [5.74, 6) is -0.827. The van der Waals surface area contributed by atoms with Crippen molar-refractivity contribution in [2.45, 2.75) is 40.7 Å². The number of carbonyl (C=O) groups is 1. The number of carboxylic acid groups (broad SMARTS) is 1. The van der Waals surface area contributed by atoms with Gasteiger partial charge in [-0.05, 0) is 27.7 Å². The van der Waals surface area contributed by atoms with E-state index in [1.807, 2.05) is 32.4 Å². The first-order valence-electron chi connectivity index (χ1n) is 6.06. The third kappa shape index (κ3) is 2.84. The molecule has 0 radical (unpaired) electrons. The molecule has 5 nitrogen and oxygen atoms in total. The molecule has 0 aliphatic rings. The Morgan fingerprint density at radius 3 is 2.47 bits per heavy atom. The molecule has 102 valence electrons. The number of nitrogens with zero attached hydrogens (tertiary/aromatic N) is 3. The molecule has 0 aliphatic carbocycles. The van der Waals surface area contributed by atoms with Crippen molar-refractivity contribution in [3.8, 4) is 0 Å². The molecule has 0 fully saturated rings. The fraction of sp³-hybridized carbons (Fsp3) is 0.462. The molecule has 0 saturated heterocycles. The summed E-state index contributed by atoms with van der Waals surface area (Å²) < 4.78 is 1.84. The highest BCUT2D eigenvalue weighted by molar-refractivity contribution is 7.11. The number of aliphatic carboxylic acids is 1. The predicted octanol–water partition coefficient (Wildman–Crippen LogP) is 2.25. The number of hydrogen-bond acceptors (Lipinski definition) is 4. The summed E-state index contributed by atoms with van der Waals surface area (Å²) in [4.78, 5) is 16.5. The molecule has 0 aliphatic heterocycles. The third-order valence-electron chi connectivity index (χ3n) is 3.22. The summed E-state index contributed by atoms with van der Waals surface area (Å²) in [5.41, 5.74) is 3.54. The maximum atomic E-state index is 10.8. The van der Waals surface area contributed by atoms with Crippen molar-refractivity contribution in [3.63, 3.8) is 0 Å². The molecule has 0 saturated carbocycles. The molecular formula is C13H17N3O2S. The molecule has 0 bridgehead atoms. The molecule has 0 amide bonds. The Balaban J connectivity index is 2.28. The number of aromatic nitrogens is 3. The zero-order valence-corrected chi connectivity index (χ0v) is 12.3. The Morgan fingerprint density at radius 2 is 1.95 bits per heavy atom. The van der Waals surface area contributed by atoms with E-state index in [2.05, 4.69) is 10.1 Å². The molecule has 6 heteroatoms. The van der Waals surface area contributed by atoms with E-state index in [1.165, 1.54) is 4.88 Å². The second-order valence-electron chi connectivity index (χ2n) is 4.63. The monoisotopic (exact) mass is 279 g/mol. The summed E-state index contributed by atoms with van der Waals surface area (Å²) >= 11 is 1.66. The van der Waals surface area contributed by atoms with E-state index in [-0.39, 0.29) is 6.42 Å². The van der Waals surface area contributed by atoms with Crippen LogP contribution in [0.4, 0.5) is 0 Å². The summed E-state index contributed by atoms with van der Waals surface area (Å²) in [6, 6.07) is 0. The number of rotatable bonds is 4. The first-order chi connectivity index (χ1) is 8.88. The van der Waals surface area contributed by atoms with Gasteiger partial charge in [0.1, 0.15) is 5.01 Å². The molecule has 2 rings (SSSR count). The fourth-order valence-corrected chi connectivity index (χ4v) is 2.95. The van der Waals surface area contributed by atoms with Crippen LogP contribution in [-0.4, -0.2) is 25.8 Å². The second-order valence-corrected chi connectivity index (χ2v) is 5.91. The van der Waals surface area contributed by atoms with Crippen molar-refractivity contribution in [1.82, 2.24) is 14.8 Å². The van der Waals surface area contributed by atoms with Crippen LogP contribution in [0.2, 0.25) is 0 Å². The van der Waals surface area contributed by atoms with Gasteiger partial charge in [-0.2, -0.15) is 5.10 Å². The van der Waals surface area contributed by atoms with Crippen molar-refractivity contribution >= 4 is 17.3 Å². The van der Waals surface area contributed by atoms with Gasteiger partial charge in [0.15, 0.2) is 0 Å². The maximum absolute atomic E-state index is 10.8. The van der Waals surface area contributed by atoms with Crippen molar-refractivity contribution in [1.29, 1.82) is 0 Å². The van der Waals surface area contributed by atoms with Gasteiger partial charge in [-0.1, -0.05) is 0 Å². The lowest BCUT2D eigenvalue weighted by Gasteiger charge is -2.02. The molecule has 2 aromatic rings.